The van der Waals surface area contributed by atoms with Gasteiger partial charge in [0.05, 0.1) is 6.10 Å². The molecule has 0 saturated carbocycles. The van der Waals surface area contributed by atoms with Crippen molar-refractivity contribution in [2.75, 3.05) is 65.5 Å². The zero-order valence-electron chi connectivity index (χ0n) is 17.2. The van der Waals surface area contributed by atoms with Gasteiger partial charge in [0.1, 0.15) is 0 Å². The molecule has 0 aromatic heterocycles. The monoisotopic (exact) mass is 376 g/mol. The minimum atomic E-state index is 0.371. The van der Waals surface area contributed by atoms with E-state index in [-0.39, 0.29) is 0 Å². The predicted octanol–water partition coefficient (Wildman–Crippen LogP) is 2.61. The molecule has 6 nitrogen and oxygen atoms in total. The highest BCUT2D eigenvalue weighted by molar-refractivity contribution is 5.79. The summed E-state index contributed by atoms with van der Waals surface area (Å²) in [5.74, 6) is 1.01. The molecule has 1 aliphatic heterocycles. The van der Waals surface area contributed by atoms with Gasteiger partial charge < -0.3 is 24.6 Å². The van der Waals surface area contributed by atoms with E-state index in [2.05, 4.69) is 57.5 Å². The molecule has 1 aromatic rings. The summed E-state index contributed by atoms with van der Waals surface area (Å²) in [6.07, 6.45) is 4.53. The Balaban J connectivity index is 1.62. The fraction of sp³-hybridized carbons (Fsp3) is 0.667. The SMILES string of the molecule is CN=C(NCCCN(C)c1ccccc1)N1CCC(OCCCOC)CC1. The van der Waals surface area contributed by atoms with Gasteiger partial charge in [-0.25, -0.2) is 0 Å². The highest BCUT2D eigenvalue weighted by Gasteiger charge is 2.21. The summed E-state index contributed by atoms with van der Waals surface area (Å²) in [4.78, 5) is 9.09. The molecule has 152 valence electrons. The Morgan fingerprint density at radius 2 is 1.93 bits per heavy atom. The van der Waals surface area contributed by atoms with Crippen molar-refractivity contribution >= 4 is 11.6 Å². The molecule has 2 rings (SSSR count). The Morgan fingerprint density at radius 1 is 1.19 bits per heavy atom. The van der Waals surface area contributed by atoms with Crippen LogP contribution in [0.2, 0.25) is 0 Å². The van der Waals surface area contributed by atoms with Crippen LogP contribution in [-0.4, -0.2) is 77.6 Å². The normalized spacial score (nSPS) is 15.8. The Bertz CT molecular complexity index is 530. The molecule has 1 fully saturated rings. The minimum absolute atomic E-state index is 0.371. The zero-order valence-corrected chi connectivity index (χ0v) is 17.2. The van der Waals surface area contributed by atoms with E-state index < -0.39 is 0 Å². The molecular formula is C21H36N4O2. The second-order valence-electron chi connectivity index (χ2n) is 6.99. The van der Waals surface area contributed by atoms with Gasteiger partial charge in [0.25, 0.3) is 0 Å². The van der Waals surface area contributed by atoms with Crippen LogP contribution in [0.4, 0.5) is 5.69 Å². The van der Waals surface area contributed by atoms with Crippen molar-refractivity contribution in [3.8, 4) is 0 Å². The van der Waals surface area contributed by atoms with Gasteiger partial charge >= 0.3 is 0 Å². The van der Waals surface area contributed by atoms with Crippen LogP contribution in [0.1, 0.15) is 25.7 Å². The van der Waals surface area contributed by atoms with Crippen LogP contribution in [0.15, 0.2) is 35.3 Å². The second kappa shape index (κ2) is 12.6. The lowest BCUT2D eigenvalue weighted by Gasteiger charge is -2.34. The third-order valence-corrected chi connectivity index (χ3v) is 4.95. The molecule has 1 heterocycles. The van der Waals surface area contributed by atoms with E-state index in [1.165, 1.54) is 5.69 Å². The third kappa shape index (κ3) is 7.77. The first-order chi connectivity index (χ1) is 13.2. The van der Waals surface area contributed by atoms with Gasteiger partial charge in [-0.2, -0.15) is 0 Å². The summed E-state index contributed by atoms with van der Waals surface area (Å²) in [5.41, 5.74) is 1.26. The van der Waals surface area contributed by atoms with Gasteiger partial charge in [0, 0.05) is 66.3 Å². The molecular weight excluding hydrogens is 340 g/mol. The summed E-state index contributed by atoms with van der Waals surface area (Å²) in [7, 11) is 5.74. The third-order valence-electron chi connectivity index (χ3n) is 4.95. The lowest BCUT2D eigenvalue weighted by Crippen LogP contribution is -2.47. The van der Waals surface area contributed by atoms with Gasteiger partial charge in [-0.1, -0.05) is 18.2 Å². The number of guanidine groups is 1. The van der Waals surface area contributed by atoms with Crippen LogP contribution in [0.3, 0.4) is 0 Å². The largest absolute Gasteiger partial charge is 0.385 e. The van der Waals surface area contributed by atoms with Gasteiger partial charge in [0.2, 0.25) is 0 Å². The molecule has 0 aliphatic carbocycles. The summed E-state index contributed by atoms with van der Waals surface area (Å²) in [5, 5.41) is 3.51. The number of hydrogen-bond acceptors (Lipinski definition) is 4. The van der Waals surface area contributed by atoms with Crippen molar-refractivity contribution in [1.82, 2.24) is 10.2 Å². The number of piperidine rings is 1. The fourth-order valence-corrected chi connectivity index (χ4v) is 3.35. The van der Waals surface area contributed by atoms with Crippen LogP contribution in [0.5, 0.6) is 0 Å². The van der Waals surface area contributed by atoms with Gasteiger partial charge in [-0.15, -0.1) is 0 Å². The average Bonchev–Trinajstić information content (AvgIpc) is 2.72. The summed E-state index contributed by atoms with van der Waals surface area (Å²) in [6, 6.07) is 10.5. The van der Waals surface area contributed by atoms with E-state index in [1.807, 2.05) is 7.05 Å². The number of nitrogens with one attached hydrogen (secondary N) is 1. The second-order valence-corrected chi connectivity index (χ2v) is 6.99. The number of anilines is 1. The van der Waals surface area contributed by atoms with Crippen LogP contribution in [-0.2, 0) is 9.47 Å². The first kappa shape index (κ1) is 21.5. The number of aliphatic imine (C=N–C) groups is 1. The van der Waals surface area contributed by atoms with Crippen molar-refractivity contribution in [2.45, 2.75) is 31.8 Å². The fourth-order valence-electron chi connectivity index (χ4n) is 3.35. The van der Waals surface area contributed by atoms with E-state index in [4.69, 9.17) is 9.47 Å². The smallest absolute Gasteiger partial charge is 0.193 e. The highest BCUT2D eigenvalue weighted by atomic mass is 16.5. The molecule has 0 unspecified atom stereocenters. The van der Waals surface area contributed by atoms with Crippen molar-refractivity contribution in [3.63, 3.8) is 0 Å². The topological polar surface area (TPSA) is 49.3 Å². The number of benzene rings is 1. The van der Waals surface area contributed by atoms with E-state index in [0.29, 0.717) is 6.10 Å². The van der Waals surface area contributed by atoms with E-state index in [0.717, 1.165) is 71.0 Å². The van der Waals surface area contributed by atoms with Crippen LogP contribution in [0.25, 0.3) is 0 Å². The maximum Gasteiger partial charge on any atom is 0.193 e. The van der Waals surface area contributed by atoms with E-state index in [1.54, 1.807) is 7.11 Å². The maximum atomic E-state index is 5.94. The van der Waals surface area contributed by atoms with Crippen LogP contribution < -0.4 is 10.2 Å². The van der Waals surface area contributed by atoms with Crippen molar-refractivity contribution in [2.24, 2.45) is 4.99 Å². The van der Waals surface area contributed by atoms with Crippen molar-refractivity contribution in [1.29, 1.82) is 0 Å². The van der Waals surface area contributed by atoms with Crippen molar-refractivity contribution < 1.29 is 9.47 Å². The number of likely N-dealkylation sites (tertiary alicyclic amines) is 1. The van der Waals surface area contributed by atoms with Gasteiger partial charge in [-0.05, 0) is 37.8 Å². The van der Waals surface area contributed by atoms with E-state index in [9.17, 15) is 0 Å². The molecule has 0 atom stereocenters. The lowest BCUT2D eigenvalue weighted by atomic mass is 10.1. The van der Waals surface area contributed by atoms with Gasteiger partial charge in [0.15, 0.2) is 5.96 Å². The molecule has 6 heteroatoms. The average molecular weight is 377 g/mol. The quantitative estimate of drug-likeness (QED) is 0.386. The number of hydrogen-bond donors (Lipinski definition) is 1. The zero-order chi connectivity index (χ0) is 19.3. The minimum Gasteiger partial charge on any atom is -0.385 e. The first-order valence-electron chi connectivity index (χ1n) is 10.1. The maximum absolute atomic E-state index is 5.94. The number of rotatable bonds is 10. The molecule has 27 heavy (non-hydrogen) atoms. The molecule has 0 radical (unpaired) electrons. The first-order valence-corrected chi connectivity index (χ1v) is 10.1. The molecule has 1 saturated heterocycles. The molecule has 0 bridgehead atoms. The number of methoxy groups -OCH3 is 1. The standard InChI is InChI=1S/C21H36N4O2/c1-22-21(23-13-7-14-24(2)19-9-5-4-6-10-19)25-15-11-20(12-16-25)27-18-8-17-26-3/h4-6,9-10,20H,7-8,11-18H2,1-3H3,(H,22,23). The number of ether oxygens (including phenoxy) is 2. The number of nitrogens with zero attached hydrogens (tertiary/aromatic N) is 3. The predicted molar refractivity (Wildman–Crippen MR) is 113 cm³/mol. The van der Waals surface area contributed by atoms with Crippen LogP contribution >= 0.6 is 0 Å². The molecule has 0 spiro atoms. The highest BCUT2D eigenvalue weighted by Crippen LogP contribution is 2.14. The Kier molecular flexibility index (Phi) is 10.0. The lowest BCUT2D eigenvalue weighted by molar-refractivity contribution is 0.00991. The Labute approximate surface area is 164 Å². The molecule has 1 N–H and O–H groups in total. The summed E-state index contributed by atoms with van der Waals surface area (Å²) >= 11 is 0. The van der Waals surface area contributed by atoms with Crippen molar-refractivity contribution in [3.05, 3.63) is 30.3 Å². The molecule has 0 amide bonds. The molecule has 1 aliphatic rings. The molecule has 1 aromatic carbocycles. The summed E-state index contributed by atoms with van der Waals surface area (Å²) in [6.45, 7) is 5.51. The summed E-state index contributed by atoms with van der Waals surface area (Å²) < 4.78 is 11.0. The van der Waals surface area contributed by atoms with E-state index >= 15 is 0 Å². The van der Waals surface area contributed by atoms with Gasteiger partial charge in [-0.3, -0.25) is 4.99 Å². The Morgan fingerprint density at radius 3 is 2.59 bits per heavy atom. The Hall–Kier alpha value is -1.79. The number of para-hydroxylation sites is 1. The van der Waals surface area contributed by atoms with Crippen LogP contribution in [0, 0.1) is 0 Å².